The number of hydrogen-bond acceptors (Lipinski definition) is 4. The van der Waals surface area contributed by atoms with Crippen LogP contribution in [0.4, 0.5) is 0 Å². The molecular formula is C25H30N4O. The summed E-state index contributed by atoms with van der Waals surface area (Å²) in [7, 11) is 0. The highest BCUT2D eigenvalue weighted by Crippen LogP contribution is 2.19. The zero-order chi connectivity index (χ0) is 21.9. The lowest BCUT2D eigenvalue weighted by molar-refractivity contribution is 0.298. The number of nitrogens with zero attached hydrogens (tertiary/aromatic N) is 4. The maximum Gasteiger partial charge on any atom is 0.136 e. The Hall–Kier alpha value is -3.43. The monoisotopic (exact) mass is 402 g/mol. The average molecular weight is 403 g/mol. The lowest BCUT2D eigenvalue weighted by atomic mass is 10.1. The van der Waals surface area contributed by atoms with Crippen LogP contribution in [0.25, 0.3) is 5.70 Å². The van der Waals surface area contributed by atoms with Crippen LogP contribution in [0.1, 0.15) is 38.4 Å². The smallest absolute Gasteiger partial charge is 0.136 e. The Morgan fingerprint density at radius 1 is 1.27 bits per heavy atom. The summed E-state index contributed by atoms with van der Waals surface area (Å²) >= 11 is 0. The number of benzene rings is 1. The van der Waals surface area contributed by atoms with Crippen LogP contribution in [-0.2, 0) is 6.42 Å². The summed E-state index contributed by atoms with van der Waals surface area (Å²) in [6.45, 7) is 18.4. The second kappa shape index (κ2) is 11.5. The zero-order valence-electron chi connectivity index (χ0n) is 18.1. The van der Waals surface area contributed by atoms with Gasteiger partial charge in [-0.1, -0.05) is 45.2 Å². The summed E-state index contributed by atoms with van der Waals surface area (Å²) in [5, 5.41) is 0. The van der Waals surface area contributed by atoms with Gasteiger partial charge in [-0.2, -0.15) is 0 Å². The van der Waals surface area contributed by atoms with E-state index < -0.39 is 0 Å². The first-order chi connectivity index (χ1) is 14.5. The third kappa shape index (κ3) is 6.29. The first kappa shape index (κ1) is 22.9. The molecule has 5 nitrogen and oxygen atoms in total. The van der Waals surface area contributed by atoms with E-state index in [2.05, 4.69) is 73.3 Å². The summed E-state index contributed by atoms with van der Waals surface area (Å²) in [6, 6.07) is 8.25. The molecule has 0 aliphatic heterocycles. The number of aliphatic imine (C=N–C) groups is 1. The molecule has 1 aromatic carbocycles. The molecule has 0 saturated carbocycles. The molecule has 0 bridgehead atoms. The van der Waals surface area contributed by atoms with Gasteiger partial charge in [-0.25, -0.2) is 4.99 Å². The summed E-state index contributed by atoms with van der Waals surface area (Å²) < 4.78 is 5.99. The Labute approximate surface area is 179 Å². The maximum atomic E-state index is 5.99. The predicted molar refractivity (Wildman–Crippen MR) is 124 cm³/mol. The van der Waals surface area contributed by atoms with Gasteiger partial charge in [0.25, 0.3) is 0 Å². The van der Waals surface area contributed by atoms with Gasteiger partial charge in [-0.3, -0.25) is 9.97 Å². The van der Waals surface area contributed by atoms with Crippen LogP contribution in [0.5, 0.6) is 5.75 Å². The molecule has 156 valence electrons. The van der Waals surface area contributed by atoms with E-state index in [-0.39, 0.29) is 6.04 Å². The Morgan fingerprint density at radius 2 is 2.00 bits per heavy atom. The van der Waals surface area contributed by atoms with Gasteiger partial charge in [0.1, 0.15) is 23.9 Å². The summed E-state index contributed by atoms with van der Waals surface area (Å²) in [5.41, 5.74) is 6.16. The molecule has 0 N–H and O–H groups in total. The second-order valence-corrected chi connectivity index (χ2v) is 6.98. The van der Waals surface area contributed by atoms with E-state index in [1.807, 2.05) is 17.0 Å². The minimum Gasteiger partial charge on any atom is -0.487 e. The fraction of sp³-hybridized carbons (Fsp3) is 0.280. The third-order valence-corrected chi connectivity index (χ3v) is 4.39. The molecule has 1 heterocycles. The van der Waals surface area contributed by atoms with Gasteiger partial charge < -0.3 is 9.64 Å². The number of hydrogen-bond donors (Lipinski definition) is 0. The van der Waals surface area contributed by atoms with Gasteiger partial charge in [-0.05, 0) is 44.0 Å². The van der Waals surface area contributed by atoms with Gasteiger partial charge in [0.2, 0.25) is 0 Å². The highest BCUT2D eigenvalue weighted by molar-refractivity contribution is 5.97. The molecule has 0 aliphatic rings. The Morgan fingerprint density at radius 3 is 2.53 bits per heavy atom. The molecule has 2 rings (SSSR count). The van der Waals surface area contributed by atoms with Crippen LogP contribution in [0.3, 0.4) is 0 Å². The van der Waals surface area contributed by atoms with Crippen molar-refractivity contribution in [3.05, 3.63) is 91.4 Å². The van der Waals surface area contributed by atoms with Crippen molar-refractivity contribution in [3.63, 3.8) is 0 Å². The van der Waals surface area contributed by atoms with Crippen LogP contribution < -0.4 is 4.74 Å². The van der Waals surface area contributed by atoms with Crippen molar-refractivity contribution in [1.29, 1.82) is 0 Å². The highest BCUT2D eigenvalue weighted by Gasteiger charge is 2.19. The van der Waals surface area contributed by atoms with Gasteiger partial charge in [-0.15, -0.1) is 5.73 Å². The molecule has 0 saturated heterocycles. The topological polar surface area (TPSA) is 50.6 Å². The SMILES string of the molecule is C=C=C(COc1ccc(CCC)cc1)N(C(C=C)=NC(=C)c1cnccn1)C(C)C. The van der Waals surface area contributed by atoms with Crippen LogP contribution >= 0.6 is 0 Å². The van der Waals surface area contributed by atoms with Crippen LogP contribution in [0, 0.1) is 0 Å². The fourth-order valence-electron chi connectivity index (χ4n) is 2.95. The van der Waals surface area contributed by atoms with Crippen molar-refractivity contribution in [3.8, 4) is 5.75 Å². The predicted octanol–water partition coefficient (Wildman–Crippen LogP) is 5.44. The van der Waals surface area contributed by atoms with Gasteiger partial charge in [0, 0.05) is 18.4 Å². The molecule has 0 atom stereocenters. The molecule has 30 heavy (non-hydrogen) atoms. The van der Waals surface area contributed by atoms with Crippen LogP contribution in [0.2, 0.25) is 0 Å². The number of amidine groups is 1. The zero-order valence-corrected chi connectivity index (χ0v) is 18.1. The minimum absolute atomic E-state index is 0.0798. The highest BCUT2D eigenvalue weighted by atomic mass is 16.5. The summed E-state index contributed by atoms with van der Waals surface area (Å²) in [5.74, 6) is 1.42. The van der Waals surface area contributed by atoms with Gasteiger partial charge in [0.15, 0.2) is 0 Å². The van der Waals surface area contributed by atoms with E-state index in [4.69, 9.17) is 4.74 Å². The molecule has 0 radical (unpaired) electrons. The van der Waals surface area contributed by atoms with E-state index in [1.165, 1.54) is 5.56 Å². The Bertz CT molecular complexity index is 923. The fourth-order valence-corrected chi connectivity index (χ4v) is 2.95. The molecule has 0 aliphatic carbocycles. The first-order valence-corrected chi connectivity index (χ1v) is 10.1. The number of aryl methyl sites for hydroxylation is 1. The standard InChI is InChI=1S/C25H30N4O/c1-7-10-21-11-13-23(14-12-21)30-18-22(8-2)29(19(4)5)25(9-3)28-20(6)24-17-26-15-16-27-24/h9,11-17,19H,2-3,6-7,10,18H2,1,4-5H3. The van der Waals surface area contributed by atoms with Gasteiger partial charge >= 0.3 is 0 Å². The van der Waals surface area contributed by atoms with Crippen LogP contribution in [-0.4, -0.2) is 33.4 Å². The van der Waals surface area contributed by atoms with E-state index in [0.717, 1.165) is 24.3 Å². The van der Waals surface area contributed by atoms with E-state index in [9.17, 15) is 0 Å². The molecule has 0 spiro atoms. The molecule has 5 heteroatoms. The number of aromatic nitrogens is 2. The minimum atomic E-state index is 0.0798. The van der Waals surface area contributed by atoms with Crippen molar-refractivity contribution in [2.45, 2.75) is 39.7 Å². The molecule has 1 aromatic heterocycles. The normalized spacial score (nSPS) is 11.0. The lowest BCUT2D eigenvalue weighted by Crippen LogP contribution is -2.37. The lowest BCUT2D eigenvalue weighted by Gasteiger charge is -2.30. The largest absolute Gasteiger partial charge is 0.487 e. The third-order valence-electron chi connectivity index (χ3n) is 4.39. The average Bonchev–Trinajstić information content (AvgIpc) is 2.76. The van der Waals surface area contributed by atoms with Crippen LogP contribution in [0.15, 0.2) is 85.1 Å². The van der Waals surface area contributed by atoms with E-state index in [0.29, 0.717) is 23.8 Å². The van der Waals surface area contributed by atoms with E-state index in [1.54, 1.807) is 24.7 Å². The molecular weight excluding hydrogens is 372 g/mol. The number of ether oxygens (including phenoxy) is 1. The van der Waals surface area contributed by atoms with Crippen molar-refractivity contribution in [2.75, 3.05) is 6.61 Å². The number of rotatable bonds is 10. The van der Waals surface area contributed by atoms with E-state index >= 15 is 0 Å². The summed E-state index contributed by atoms with van der Waals surface area (Å²) in [6.07, 6.45) is 8.71. The van der Waals surface area contributed by atoms with Crippen molar-refractivity contribution in [1.82, 2.24) is 14.9 Å². The quantitative estimate of drug-likeness (QED) is 0.301. The van der Waals surface area contributed by atoms with Crippen molar-refractivity contribution >= 4 is 11.5 Å². The molecule has 0 amide bonds. The molecule has 0 unspecified atom stereocenters. The van der Waals surface area contributed by atoms with Gasteiger partial charge in [0.05, 0.1) is 17.6 Å². The first-order valence-electron chi connectivity index (χ1n) is 10.1. The molecule has 0 fully saturated rings. The molecule has 2 aromatic rings. The van der Waals surface area contributed by atoms with Crippen molar-refractivity contribution in [2.24, 2.45) is 4.99 Å². The second-order valence-electron chi connectivity index (χ2n) is 6.98. The Kier molecular flexibility index (Phi) is 8.79. The van der Waals surface area contributed by atoms with Crippen molar-refractivity contribution < 1.29 is 4.74 Å². The maximum absolute atomic E-state index is 5.99. The Balaban J connectivity index is 2.20. The summed E-state index contributed by atoms with van der Waals surface area (Å²) in [4.78, 5) is 14.9.